The highest BCUT2D eigenvalue weighted by atomic mass is 32.2. The van der Waals surface area contributed by atoms with Gasteiger partial charge in [-0.1, -0.05) is 13.0 Å². The maximum Gasteiger partial charge on any atom is 0.246 e. The van der Waals surface area contributed by atoms with Crippen molar-refractivity contribution in [1.82, 2.24) is 4.72 Å². The Kier molecular flexibility index (Phi) is 6.16. The summed E-state index contributed by atoms with van der Waals surface area (Å²) in [4.78, 5) is 1.92. The van der Waals surface area contributed by atoms with E-state index in [9.17, 15) is 13.5 Å². The van der Waals surface area contributed by atoms with Gasteiger partial charge in [0.15, 0.2) is 6.23 Å². The van der Waals surface area contributed by atoms with Gasteiger partial charge in [-0.3, -0.25) is 0 Å². The second-order valence-electron chi connectivity index (χ2n) is 6.86. The number of hydrogen-bond acceptors (Lipinski definition) is 6. The summed E-state index contributed by atoms with van der Waals surface area (Å²) in [5.41, 5.74) is 2.35. The molecule has 0 radical (unpaired) electrons. The maximum absolute atomic E-state index is 12.9. The SMILES string of the molecule is CCOc1ccc(CC)cc1S(=O)(=O)NC(O)c1cc2ccc(N(C)C)cc2o1. The minimum absolute atomic E-state index is 0.0104. The van der Waals surface area contributed by atoms with E-state index in [2.05, 4.69) is 4.72 Å². The Hall–Kier alpha value is -2.55. The van der Waals surface area contributed by atoms with Crippen molar-refractivity contribution in [1.29, 1.82) is 0 Å². The number of nitrogens with zero attached hydrogens (tertiary/aromatic N) is 1. The summed E-state index contributed by atoms with van der Waals surface area (Å²) in [6, 6.07) is 12.2. The quantitative estimate of drug-likeness (QED) is 0.545. The molecule has 0 saturated heterocycles. The second-order valence-corrected chi connectivity index (χ2v) is 8.54. The van der Waals surface area contributed by atoms with Crippen molar-refractivity contribution in [2.75, 3.05) is 25.6 Å². The van der Waals surface area contributed by atoms with Crippen LogP contribution in [0.1, 0.15) is 31.4 Å². The van der Waals surface area contributed by atoms with Crippen LogP contribution in [-0.2, 0) is 16.4 Å². The van der Waals surface area contributed by atoms with Crippen molar-refractivity contribution in [3.05, 3.63) is 53.8 Å². The first-order valence-electron chi connectivity index (χ1n) is 9.42. The summed E-state index contributed by atoms with van der Waals surface area (Å²) in [5, 5.41) is 11.3. The van der Waals surface area contributed by atoms with Crippen LogP contribution in [-0.4, -0.2) is 34.2 Å². The number of ether oxygens (including phenoxy) is 1. The predicted octanol–water partition coefficient (Wildman–Crippen LogP) is 3.43. The zero-order valence-corrected chi connectivity index (χ0v) is 17.8. The molecule has 3 aromatic rings. The molecule has 1 unspecified atom stereocenters. The van der Waals surface area contributed by atoms with Gasteiger partial charge in [-0.25, -0.2) is 8.42 Å². The number of nitrogens with one attached hydrogen (secondary N) is 1. The van der Waals surface area contributed by atoms with E-state index in [0.29, 0.717) is 18.6 Å². The highest BCUT2D eigenvalue weighted by Crippen LogP contribution is 2.29. The normalized spacial score (nSPS) is 12.9. The maximum atomic E-state index is 12.9. The number of aliphatic hydroxyl groups excluding tert-OH is 1. The fraction of sp³-hybridized carbons (Fsp3) is 0.333. The van der Waals surface area contributed by atoms with Gasteiger partial charge in [0.25, 0.3) is 0 Å². The van der Waals surface area contributed by atoms with Crippen molar-refractivity contribution in [2.45, 2.75) is 31.4 Å². The second kappa shape index (κ2) is 8.44. The number of sulfonamides is 1. The third kappa shape index (κ3) is 4.55. The highest BCUT2D eigenvalue weighted by Gasteiger charge is 2.26. The van der Waals surface area contributed by atoms with E-state index in [1.165, 1.54) is 0 Å². The Morgan fingerprint density at radius 2 is 1.90 bits per heavy atom. The summed E-state index contributed by atoms with van der Waals surface area (Å²) < 4.78 is 39.3. The fourth-order valence-corrected chi connectivity index (χ4v) is 4.21. The minimum atomic E-state index is -4.05. The van der Waals surface area contributed by atoms with E-state index < -0.39 is 16.3 Å². The molecule has 156 valence electrons. The smallest absolute Gasteiger partial charge is 0.246 e. The number of anilines is 1. The molecule has 29 heavy (non-hydrogen) atoms. The number of benzene rings is 2. The predicted molar refractivity (Wildman–Crippen MR) is 113 cm³/mol. The van der Waals surface area contributed by atoms with Crippen LogP contribution < -0.4 is 14.4 Å². The Labute approximate surface area is 170 Å². The van der Waals surface area contributed by atoms with Gasteiger partial charge < -0.3 is 19.2 Å². The molecule has 0 aliphatic heterocycles. The van der Waals surface area contributed by atoms with E-state index in [0.717, 1.165) is 16.6 Å². The summed E-state index contributed by atoms with van der Waals surface area (Å²) in [5.74, 6) is 0.355. The lowest BCUT2D eigenvalue weighted by Crippen LogP contribution is -2.28. The molecule has 0 amide bonds. The first-order valence-corrected chi connectivity index (χ1v) is 10.9. The van der Waals surface area contributed by atoms with Crippen LogP contribution in [0, 0.1) is 0 Å². The van der Waals surface area contributed by atoms with Crippen molar-refractivity contribution < 1.29 is 22.7 Å². The summed E-state index contributed by atoms with van der Waals surface area (Å²) in [7, 11) is -0.223. The van der Waals surface area contributed by atoms with Crippen molar-refractivity contribution in [3.63, 3.8) is 0 Å². The number of hydrogen-bond donors (Lipinski definition) is 2. The molecule has 1 atom stereocenters. The van der Waals surface area contributed by atoms with Crippen molar-refractivity contribution in [2.24, 2.45) is 0 Å². The average Bonchev–Trinajstić information content (AvgIpc) is 3.11. The van der Waals surface area contributed by atoms with Crippen LogP contribution in [0.3, 0.4) is 0 Å². The Balaban J connectivity index is 1.91. The van der Waals surface area contributed by atoms with Gasteiger partial charge in [0.05, 0.1) is 6.61 Å². The molecular weight excluding hydrogens is 392 g/mol. The van der Waals surface area contributed by atoms with Crippen LogP contribution in [0.25, 0.3) is 11.0 Å². The number of aliphatic hydroxyl groups is 1. The lowest BCUT2D eigenvalue weighted by molar-refractivity contribution is 0.141. The number of fused-ring (bicyclic) bond motifs is 1. The summed E-state index contributed by atoms with van der Waals surface area (Å²) in [6.45, 7) is 4.04. The van der Waals surface area contributed by atoms with Gasteiger partial charge in [0.1, 0.15) is 22.0 Å². The largest absolute Gasteiger partial charge is 0.492 e. The zero-order valence-electron chi connectivity index (χ0n) is 17.0. The molecule has 3 rings (SSSR count). The third-order valence-electron chi connectivity index (χ3n) is 4.58. The topological polar surface area (TPSA) is 92.0 Å². The molecule has 0 fully saturated rings. The third-order valence-corrected chi connectivity index (χ3v) is 6.01. The molecule has 1 aromatic heterocycles. The molecule has 7 nitrogen and oxygen atoms in total. The van der Waals surface area contributed by atoms with Crippen LogP contribution in [0.5, 0.6) is 5.75 Å². The minimum Gasteiger partial charge on any atom is -0.492 e. The Bertz CT molecular complexity index is 1110. The van der Waals surface area contributed by atoms with Gasteiger partial charge in [0, 0.05) is 31.2 Å². The molecule has 0 aliphatic rings. The average molecular weight is 419 g/mol. The standard InChI is InChI=1S/C21H26N2O5S/c1-5-14-7-10-17(27-6-2)20(11-14)29(25,26)22-21(24)19-12-15-8-9-16(23(3)4)13-18(15)28-19/h7-13,21-22,24H,5-6H2,1-4H3. The summed E-state index contributed by atoms with van der Waals surface area (Å²) in [6.07, 6.45) is -0.857. The van der Waals surface area contributed by atoms with Crippen LogP contribution in [0.4, 0.5) is 5.69 Å². The van der Waals surface area contributed by atoms with Crippen molar-refractivity contribution >= 4 is 26.7 Å². The van der Waals surface area contributed by atoms with Gasteiger partial charge in [0.2, 0.25) is 10.0 Å². The number of furan rings is 1. The zero-order chi connectivity index (χ0) is 21.2. The van der Waals surface area contributed by atoms with E-state index in [-0.39, 0.29) is 16.4 Å². The molecular formula is C21H26N2O5S. The summed E-state index contributed by atoms with van der Waals surface area (Å²) >= 11 is 0. The fourth-order valence-electron chi connectivity index (χ4n) is 2.98. The van der Waals surface area contributed by atoms with Crippen molar-refractivity contribution in [3.8, 4) is 5.75 Å². The highest BCUT2D eigenvalue weighted by molar-refractivity contribution is 7.89. The Morgan fingerprint density at radius 1 is 1.14 bits per heavy atom. The molecule has 1 heterocycles. The van der Waals surface area contributed by atoms with E-state index in [4.69, 9.17) is 9.15 Å². The van der Waals surface area contributed by atoms with E-state index >= 15 is 0 Å². The van der Waals surface area contributed by atoms with Crippen LogP contribution in [0.15, 0.2) is 51.8 Å². The van der Waals surface area contributed by atoms with Crippen LogP contribution >= 0.6 is 0 Å². The van der Waals surface area contributed by atoms with Crippen LogP contribution in [0.2, 0.25) is 0 Å². The number of aryl methyl sites for hydroxylation is 1. The molecule has 0 spiro atoms. The monoisotopic (exact) mass is 418 g/mol. The van der Waals surface area contributed by atoms with E-state index in [1.54, 1.807) is 25.1 Å². The van der Waals surface area contributed by atoms with Gasteiger partial charge in [-0.2, -0.15) is 4.72 Å². The first kappa shape index (κ1) is 21.2. The molecule has 2 N–H and O–H groups in total. The van der Waals surface area contributed by atoms with Gasteiger partial charge in [-0.15, -0.1) is 0 Å². The molecule has 0 aliphatic carbocycles. The van der Waals surface area contributed by atoms with E-state index in [1.807, 2.05) is 50.2 Å². The van der Waals surface area contributed by atoms with Gasteiger partial charge >= 0.3 is 0 Å². The lowest BCUT2D eigenvalue weighted by Gasteiger charge is -2.15. The van der Waals surface area contributed by atoms with Gasteiger partial charge in [-0.05, 0) is 49.2 Å². The number of rotatable bonds is 8. The first-order chi connectivity index (χ1) is 13.7. The molecule has 0 bridgehead atoms. The molecule has 2 aromatic carbocycles. The Morgan fingerprint density at radius 3 is 2.55 bits per heavy atom. The molecule has 0 saturated carbocycles. The molecule has 8 heteroatoms. The lowest BCUT2D eigenvalue weighted by atomic mass is 10.2.